The predicted octanol–water partition coefficient (Wildman–Crippen LogP) is 6.39. The summed E-state index contributed by atoms with van der Waals surface area (Å²) in [5.74, 6) is -0.353. The zero-order valence-corrected chi connectivity index (χ0v) is 29.2. The monoisotopic (exact) mass is 655 g/mol. The molecule has 6 atom stereocenters. The minimum atomic E-state index is -2.98. The lowest BCUT2D eigenvalue weighted by Crippen LogP contribution is -2.74. The number of Topliss-reactive ketones (excluding diaryl/α,β-unsaturated/α-hetero) is 1. The van der Waals surface area contributed by atoms with Crippen LogP contribution in [0.1, 0.15) is 65.4 Å². The molecule has 3 aromatic carbocycles. The van der Waals surface area contributed by atoms with Crippen LogP contribution in [-0.2, 0) is 30.0 Å². The first-order valence-electron chi connectivity index (χ1n) is 17.2. The van der Waals surface area contributed by atoms with Gasteiger partial charge in [-0.05, 0) is 59.0 Å². The summed E-state index contributed by atoms with van der Waals surface area (Å²) in [7, 11) is -2.98. The highest BCUT2D eigenvalue weighted by Crippen LogP contribution is 2.51. The lowest BCUT2D eigenvalue weighted by molar-refractivity contribution is -0.226. The molecule has 1 unspecified atom stereocenters. The summed E-state index contributed by atoms with van der Waals surface area (Å²) in [5, 5.41) is 5.41. The zero-order chi connectivity index (χ0) is 33.1. The van der Waals surface area contributed by atoms with Crippen molar-refractivity contribution in [2.75, 3.05) is 13.2 Å². The van der Waals surface area contributed by atoms with E-state index in [1.54, 1.807) is 0 Å². The standard InChI is InChI=1S/C39H49NO6Si/c1-28-24-30-25-39(40-37(42)44-26-29-16-8-5-9-17-29,34(28)36(35(30)41)46-33-22-14-15-23-43-33)27-45-47(38(2,3)4,31-18-10-6-11-19-31)32-20-12-7-13-21-32/h5-13,16-21,28,30,33-34,36H,14-15,22-27H2,1-4H3,(H,40,42)/t28-,30+,33?,34+,36-,39-/m1/s1. The fourth-order valence-corrected chi connectivity index (χ4v) is 13.1. The first-order chi connectivity index (χ1) is 22.6. The van der Waals surface area contributed by atoms with Crippen molar-refractivity contribution in [3.8, 4) is 0 Å². The van der Waals surface area contributed by atoms with Crippen LogP contribution in [0.3, 0.4) is 0 Å². The van der Waals surface area contributed by atoms with Crippen LogP contribution >= 0.6 is 0 Å². The van der Waals surface area contributed by atoms with Crippen LogP contribution in [0, 0.1) is 17.8 Å². The van der Waals surface area contributed by atoms with Gasteiger partial charge in [-0.1, -0.05) is 119 Å². The highest BCUT2D eigenvalue weighted by atomic mass is 28.4. The molecule has 8 heteroatoms. The largest absolute Gasteiger partial charge is 0.445 e. The highest BCUT2D eigenvalue weighted by molar-refractivity contribution is 6.99. The van der Waals surface area contributed by atoms with Crippen LogP contribution in [0.25, 0.3) is 0 Å². The number of rotatable bonds is 10. The fourth-order valence-electron chi connectivity index (χ4n) is 8.43. The number of nitrogens with one attached hydrogen (secondary N) is 1. The van der Waals surface area contributed by atoms with E-state index >= 15 is 0 Å². The van der Waals surface area contributed by atoms with Gasteiger partial charge in [-0.25, -0.2) is 4.79 Å². The molecule has 3 aromatic rings. The van der Waals surface area contributed by atoms with E-state index in [9.17, 15) is 9.59 Å². The zero-order valence-electron chi connectivity index (χ0n) is 28.2. The molecule has 1 saturated heterocycles. The molecule has 0 radical (unpaired) electrons. The number of carbonyl (C=O) groups is 2. The number of carbonyl (C=O) groups excluding carboxylic acids is 2. The molecule has 250 valence electrons. The topological polar surface area (TPSA) is 83.1 Å². The van der Waals surface area contributed by atoms with E-state index in [2.05, 4.69) is 81.5 Å². The Balaban J connectivity index is 1.39. The molecule has 1 aliphatic heterocycles. The van der Waals surface area contributed by atoms with Gasteiger partial charge < -0.3 is 24.0 Å². The minimum Gasteiger partial charge on any atom is -0.445 e. The van der Waals surface area contributed by atoms with Crippen molar-refractivity contribution in [2.45, 2.75) is 89.4 Å². The molecular weight excluding hydrogens is 607 g/mol. The van der Waals surface area contributed by atoms with Gasteiger partial charge in [-0.15, -0.1) is 0 Å². The molecule has 1 heterocycles. The number of benzene rings is 3. The Morgan fingerprint density at radius 1 is 0.936 bits per heavy atom. The molecule has 7 nitrogen and oxygen atoms in total. The number of hydrogen-bond acceptors (Lipinski definition) is 6. The number of amides is 1. The summed E-state index contributed by atoms with van der Waals surface area (Å²) in [6, 6.07) is 30.7. The van der Waals surface area contributed by atoms with E-state index in [1.165, 1.54) is 0 Å². The second-order valence-electron chi connectivity index (χ2n) is 14.7. The molecule has 4 aliphatic rings. The third-order valence-electron chi connectivity index (χ3n) is 10.5. The van der Waals surface area contributed by atoms with Crippen LogP contribution in [0.2, 0.25) is 5.04 Å². The Kier molecular flexibility index (Phi) is 10.0. The normalized spacial score (nSPS) is 27.7. The van der Waals surface area contributed by atoms with E-state index < -0.39 is 32.3 Å². The van der Waals surface area contributed by atoms with Gasteiger partial charge in [-0.2, -0.15) is 0 Å². The molecular formula is C39H49NO6Si. The summed E-state index contributed by atoms with van der Waals surface area (Å²) in [6.07, 6.45) is 2.35. The van der Waals surface area contributed by atoms with Crippen molar-refractivity contribution < 1.29 is 28.2 Å². The van der Waals surface area contributed by atoms with Crippen molar-refractivity contribution in [1.82, 2.24) is 5.32 Å². The second kappa shape index (κ2) is 14.0. The number of ether oxygens (including phenoxy) is 3. The third-order valence-corrected chi connectivity index (χ3v) is 15.5. The Morgan fingerprint density at radius 3 is 2.13 bits per heavy atom. The smallest absolute Gasteiger partial charge is 0.407 e. The van der Waals surface area contributed by atoms with Crippen LogP contribution in [0.4, 0.5) is 4.79 Å². The first-order valence-corrected chi connectivity index (χ1v) is 19.1. The van der Waals surface area contributed by atoms with Crippen LogP contribution in [0.15, 0.2) is 91.0 Å². The van der Waals surface area contributed by atoms with Gasteiger partial charge in [-0.3, -0.25) is 4.79 Å². The van der Waals surface area contributed by atoms with Gasteiger partial charge in [0.15, 0.2) is 12.1 Å². The van der Waals surface area contributed by atoms with Gasteiger partial charge in [0.1, 0.15) is 12.7 Å². The van der Waals surface area contributed by atoms with Crippen LogP contribution in [0.5, 0.6) is 0 Å². The van der Waals surface area contributed by atoms with E-state index in [-0.39, 0.29) is 41.8 Å². The minimum absolute atomic E-state index is 0.109. The third kappa shape index (κ3) is 6.84. The van der Waals surface area contributed by atoms with E-state index in [0.717, 1.165) is 41.6 Å². The molecule has 1 N–H and O–H groups in total. The first kappa shape index (κ1) is 33.6. The van der Waals surface area contributed by atoms with Gasteiger partial charge in [0, 0.05) is 18.4 Å². The summed E-state index contributed by atoms with van der Waals surface area (Å²) in [5.41, 5.74) is 0.0146. The SMILES string of the molecule is C[C@@H]1C[C@H]2C[C@](CO[Si](c3ccccc3)(c3ccccc3)C(C)(C)C)(NC(=O)OCc3ccccc3)[C@@H]1[C@@H](OC1CCCCO1)C2=O. The van der Waals surface area contributed by atoms with Crippen molar-refractivity contribution in [1.29, 1.82) is 0 Å². The van der Waals surface area contributed by atoms with Crippen molar-refractivity contribution in [2.24, 2.45) is 17.8 Å². The molecule has 1 amide bonds. The van der Waals surface area contributed by atoms with Crippen molar-refractivity contribution in [3.05, 3.63) is 96.6 Å². The Bertz CT molecular complexity index is 1450. The van der Waals surface area contributed by atoms with Gasteiger partial charge in [0.05, 0.1) is 12.1 Å². The summed E-state index contributed by atoms with van der Waals surface area (Å²) in [6.45, 7) is 9.93. The molecule has 0 aromatic heterocycles. The van der Waals surface area contributed by atoms with Gasteiger partial charge in [0.25, 0.3) is 8.32 Å². The van der Waals surface area contributed by atoms with E-state index in [0.29, 0.717) is 13.0 Å². The van der Waals surface area contributed by atoms with Gasteiger partial charge >= 0.3 is 6.09 Å². The molecule has 0 spiro atoms. The molecule has 47 heavy (non-hydrogen) atoms. The quantitative estimate of drug-likeness (QED) is 0.255. The second-order valence-corrected chi connectivity index (χ2v) is 19.0. The lowest BCUT2D eigenvalue weighted by atomic mass is 9.54. The predicted molar refractivity (Wildman–Crippen MR) is 185 cm³/mol. The molecule has 2 bridgehead atoms. The van der Waals surface area contributed by atoms with Crippen LogP contribution < -0.4 is 15.7 Å². The average Bonchev–Trinajstić information content (AvgIpc) is 3.07. The average molecular weight is 656 g/mol. The highest BCUT2D eigenvalue weighted by Gasteiger charge is 2.62. The Morgan fingerprint density at radius 2 is 1.55 bits per heavy atom. The lowest BCUT2D eigenvalue weighted by Gasteiger charge is -2.58. The van der Waals surface area contributed by atoms with E-state index in [1.807, 2.05) is 42.5 Å². The Hall–Kier alpha value is -3.30. The summed E-state index contributed by atoms with van der Waals surface area (Å²) >= 11 is 0. The summed E-state index contributed by atoms with van der Waals surface area (Å²) in [4.78, 5) is 27.7. The number of fused-ring (bicyclic) bond motifs is 3. The van der Waals surface area contributed by atoms with Gasteiger partial charge in [0.2, 0.25) is 0 Å². The van der Waals surface area contributed by atoms with Crippen molar-refractivity contribution >= 4 is 30.6 Å². The fraction of sp³-hybridized carbons (Fsp3) is 0.487. The molecule has 3 saturated carbocycles. The molecule has 4 fully saturated rings. The van der Waals surface area contributed by atoms with E-state index in [4.69, 9.17) is 18.6 Å². The molecule has 3 aliphatic carbocycles. The Labute approximate surface area is 280 Å². The number of ketones is 1. The number of hydrogen-bond donors (Lipinski definition) is 1. The van der Waals surface area contributed by atoms with Crippen molar-refractivity contribution in [3.63, 3.8) is 0 Å². The summed E-state index contributed by atoms with van der Waals surface area (Å²) < 4.78 is 25.9. The maximum Gasteiger partial charge on any atom is 0.407 e. The number of alkyl carbamates (subject to hydrolysis) is 1. The van der Waals surface area contributed by atoms with Crippen LogP contribution in [-0.4, -0.2) is 51.3 Å². The maximum absolute atomic E-state index is 13.9. The molecule has 7 rings (SSSR count). The maximum atomic E-state index is 13.9.